The zero-order chi connectivity index (χ0) is 20.1. The van der Waals surface area contributed by atoms with Crippen LogP contribution in [0, 0.1) is 0 Å². The first-order valence-electron chi connectivity index (χ1n) is 8.96. The highest BCUT2D eigenvalue weighted by atomic mass is 32.1. The molecule has 6 heteroatoms. The van der Waals surface area contributed by atoms with Gasteiger partial charge in [0, 0.05) is 29.7 Å². The second-order valence-electron chi connectivity index (χ2n) is 6.28. The molecule has 0 radical (unpaired) electrons. The van der Waals surface area contributed by atoms with Gasteiger partial charge in [0.2, 0.25) is 5.95 Å². The number of thiol groups is 1. The Hall–Kier alpha value is -3.64. The number of carbonyl (C=O) groups excluding carboxylic acids is 1. The maximum Gasteiger partial charge on any atom is 0.349 e. The van der Waals surface area contributed by atoms with E-state index in [4.69, 9.17) is 0 Å². The zero-order valence-corrected chi connectivity index (χ0v) is 16.2. The largest absolute Gasteiger partial charge is 0.391 e. The molecule has 0 amide bonds. The predicted octanol–water partition coefficient (Wildman–Crippen LogP) is 5.56. The van der Waals surface area contributed by atoms with E-state index in [-0.39, 0.29) is 0 Å². The van der Waals surface area contributed by atoms with Crippen molar-refractivity contribution in [3.63, 3.8) is 0 Å². The van der Waals surface area contributed by atoms with E-state index in [1.54, 1.807) is 24.3 Å². The summed E-state index contributed by atoms with van der Waals surface area (Å²) < 4.78 is 4.43. The minimum Gasteiger partial charge on any atom is -0.391 e. The van der Waals surface area contributed by atoms with Gasteiger partial charge in [-0.05, 0) is 30.3 Å². The van der Waals surface area contributed by atoms with Gasteiger partial charge in [0.05, 0.1) is 17.0 Å². The van der Waals surface area contributed by atoms with Crippen molar-refractivity contribution in [1.29, 1.82) is 0 Å². The maximum atomic E-state index is 11.5. The van der Waals surface area contributed by atoms with Gasteiger partial charge >= 0.3 is 5.97 Å². The topological polar surface area (TPSA) is 64.1 Å². The summed E-state index contributed by atoms with van der Waals surface area (Å²) in [7, 11) is 0. The van der Waals surface area contributed by atoms with Crippen LogP contribution in [0.4, 0.5) is 11.6 Å². The number of aromatic nitrogens is 2. The fourth-order valence-corrected chi connectivity index (χ4v) is 2.99. The Morgan fingerprint density at radius 2 is 1.28 bits per heavy atom. The van der Waals surface area contributed by atoms with E-state index in [1.807, 2.05) is 66.7 Å². The molecule has 4 rings (SSSR count). The van der Waals surface area contributed by atoms with E-state index in [0.29, 0.717) is 11.5 Å². The van der Waals surface area contributed by atoms with Crippen LogP contribution < -0.4 is 5.32 Å². The van der Waals surface area contributed by atoms with E-state index in [1.165, 1.54) is 0 Å². The number of hydrogen-bond donors (Lipinski definition) is 2. The molecule has 0 aliphatic heterocycles. The maximum absolute atomic E-state index is 11.5. The third kappa shape index (κ3) is 4.44. The van der Waals surface area contributed by atoms with E-state index >= 15 is 0 Å². The quantitative estimate of drug-likeness (QED) is 0.340. The molecule has 0 fully saturated rings. The molecule has 5 nitrogen and oxygen atoms in total. The molecule has 0 saturated carbocycles. The van der Waals surface area contributed by atoms with Crippen molar-refractivity contribution in [2.75, 3.05) is 5.32 Å². The minimum absolute atomic E-state index is 0.412. The molecule has 0 unspecified atom stereocenters. The van der Waals surface area contributed by atoms with Gasteiger partial charge in [-0.25, -0.2) is 14.8 Å². The monoisotopic (exact) mass is 399 g/mol. The SMILES string of the molecule is O=C(OS)c1ccc(Nc2nc(-c3ccccc3)cc(-c3ccccc3)n2)cc1. The molecule has 1 heterocycles. The van der Waals surface area contributed by atoms with Crippen molar-refractivity contribution >= 4 is 30.5 Å². The number of hydrogen-bond acceptors (Lipinski definition) is 6. The molecule has 0 bridgehead atoms. The van der Waals surface area contributed by atoms with E-state index in [0.717, 1.165) is 28.2 Å². The van der Waals surface area contributed by atoms with Gasteiger partial charge in [-0.3, -0.25) is 0 Å². The molecule has 0 aliphatic rings. The summed E-state index contributed by atoms with van der Waals surface area (Å²) in [5.41, 5.74) is 4.80. The number of rotatable bonds is 5. The lowest BCUT2D eigenvalue weighted by atomic mass is 10.1. The third-order valence-electron chi connectivity index (χ3n) is 4.32. The first kappa shape index (κ1) is 18.7. The van der Waals surface area contributed by atoms with Crippen molar-refractivity contribution < 1.29 is 8.98 Å². The molecule has 1 aromatic heterocycles. The summed E-state index contributed by atoms with van der Waals surface area (Å²) in [6.07, 6.45) is 0. The Balaban J connectivity index is 1.71. The summed E-state index contributed by atoms with van der Waals surface area (Å²) >= 11 is 3.54. The molecule has 0 atom stereocenters. The van der Waals surface area contributed by atoms with Crippen LogP contribution in [0.3, 0.4) is 0 Å². The highest BCUT2D eigenvalue weighted by Gasteiger charge is 2.10. The molecule has 4 aromatic rings. The lowest BCUT2D eigenvalue weighted by molar-refractivity contribution is 0.0772. The Bertz CT molecular complexity index is 1060. The van der Waals surface area contributed by atoms with E-state index < -0.39 is 5.97 Å². The van der Waals surface area contributed by atoms with Crippen LogP contribution in [0.1, 0.15) is 10.4 Å². The molecule has 142 valence electrons. The zero-order valence-electron chi connectivity index (χ0n) is 15.3. The summed E-state index contributed by atoms with van der Waals surface area (Å²) in [6, 6.07) is 28.7. The number of nitrogens with zero attached hydrogens (tertiary/aromatic N) is 2. The van der Waals surface area contributed by atoms with Gasteiger partial charge in [-0.15, -0.1) is 0 Å². The van der Waals surface area contributed by atoms with Crippen molar-refractivity contribution in [3.05, 3.63) is 96.6 Å². The van der Waals surface area contributed by atoms with Gasteiger partial charge in [-0.2, -0.15) is 0 Å². The van der Waals surface area contributed by atoms with E-state index in [9.17, 15) is 4.79 Å². The minimum atomic E-state index is -0.506. The summed E-state index contributed by atoms with van der Waals surface area (Å²) in [6.45, 7) is 0. The van der Waals surface area contributed by atoms with Crippen LogP contribution in [-0.2, 0) is 4.18 Å². The van der Waals surface area contributed by atoms with Gasteiger partial charge in [0.1, 0.15) is 0 Å². The standard InChI is InChI=1S/C23H17N3O2S/c27-22(28-29)18-11-13-19(14-12-18)24-23-25-20(16-7-3-1-4-8-16)15-21(26-23)17-9-5-2-6-10-17/h1-15,29H,(H,24,25,26). The van der Waals surface area contributed by atoms with Crippen LogP contribution in [-0.4, -0.2) is 15.9 Å². The van der Waals surface area contributed by atoms with Crippen LogP contribution in [0.5, 0.6) is 0 Å². The smallest absolute Gasteiger partial charge is 0.349 e. The lowest BCUT2D eigenvalue weighted by Crippen LogP contribution is -2.02. The predicted molar refractivity (Wildman–Crippen MR) is 117 cm³/mol. The second kappa shape index (κ2) is 8.58. The molecule has 1 N–H and O–H groups in total. The van der Waals surface area contributed by atoms with Crippen LogP contribution in [0.2, 0.25) is 0 Å². The first-order valence-corrected chi connectivity index (χ1v) is 9.32. The number of carbonyl (C=O) groups is 1. The van der Waals surface area contributed by atoms with Gasteiger partial charge < -0.3 is 9.50 Å². The number of benzene rings is 3. The molecule has 0 spiro atoms. The Kier molecular flexibility index (Phi) is 5.54. The molecule has 3 aromatic carbocycles. The number of nitrogens with one attached hydrogen (secondary N) is 1. The Morgan fingerprint density at radius 3 is 1.76 bits per heavy atom. The Labute approximate surface area is 174 Å². The number of anilines is 2. The van der Waals surface area contributed by atoms with Crippen molar-refractivity contribution in [3.8, 4) is 22.5 Å². The highest BCUT2D eigenvalue weighted by Crippen LogP contribution is 2.26. The van der Waals surface area contributed by atoms with E-state index in [2.05, 4.69) is 32.4 Å². The fraction of sp³-hybridized carbons (Fsp3) is 0. The summed E-state index contributed by atoms with van der Waals surface area (Å²) in [5.74, 6) is -0.0386. The van der Waals surface area contributed by atoms with Gasteiger partial charge in [0.25, 0.3) is 0 Å². The average molecular weight is 399 g/mol. The highest BCUT2D eigenvalue weighted by molar-refractivity contribution is 7.75. The van der Waals surface area contributed by atoms with Gasteiger partial charge in [-0.1, -0.05) is 60.7 Å². The summed E-state index contributed by atoms with van der Waals surface area (Å²) in [5, 5.41) is 3.21. The van der Waals surface area contributed by atoms with Crippen LogP contribution in [0.15, 0.2) is 91.0 Å². The molecular formula is C23H17N3O2S. The molecule has 29 heavy (non-hydrogen) atoms. The molecule has 0 saturated heterocycles. The average Bonchev–Trinajstić information content (AvgIpc) is 2.80. The second-order valence-corrected chi connectivity index (χ2v) is 6.46. The van der Waals surface area contributed by atoms with Crippen LogP contribution in [0.25, 0.3) is 22.5 Å². The first-order chi connectivity index (χ1) is 14.2. The van der Waals surface area contributed by atoms with Gasteiger partial charge in [0.15, 0.2) is 0 Å². The van der Waals surface area contributed by atoms with Crippen LogP contribution >= 0.6 is 12.9 Å². The summed E-state index contributed by atoms with van der Waals surface area (Å²) in [4.78, 5) is 20.9. The lowest BCUT2D eigenvalue weighted by Gasteiger charge is -2.11. The molecular weight excluding hydrogens is 382 g/mol. The normalized spacial score (nSPS) is 10.4. The molecule has 0 aliphatic carbocycles. The van der Waals surface area contributed by atoms with Crippen molar-refractivity contribution in [2.45, 2.75) is 0 Å². The Morgan fingerprint density at radius 1 is 0.759 bits per heavy atom. The van der Waals surface area contributed by atoms with Crippen molar-refractivity contribution in [1.82, 2.24) is 9.97 Å². The third-order valence-corrected chi connectivity index (χ3v) is 4.49. The fourth-order valence-electron chi connectivity index (χ4n) is 2.89. The van der Waals surface area contributed by atoms with Crippen molar-refractivity contribution in [2.24, 2.45) is 0 Å².